The number of aromatic nitrogens is 3. The van der Waals surface area contributed by atoms with Crippen molar-refractivity contribution in [2.45, 2.75) is 94.3 Å². The van der Waals surface area contributed by atoms with Gasteiger partial charge in [0.1, 0.15) is 5.69 Å². The number of aliphatic hydroxyl groups is 1. The molecule has 0 saturated carbocycles. The number of nitrogens with one attached hydrogen (secondary N) is 1. The van der Waals surface area contributed by atoms with Crippen LogP contribution in [0.5, 0.6) is 0 Å². The van der Waals surface area contributed by atoms with Crippen molar-refractivity contribution in [3.05, 3.63) is 24.0 Å². The Hall–Kier alpha value is -2.06. The van der Waals surface area contributed by atoms with Crippen LogP contribution < -0.4 is 5.32 Å². The molecule has 0 saturated heterocycles. The van der Waals surface area contributed by atoms with E-state index in [-0.39, 0.29) is 29.8 Å². The maximum Gasteiger partial charge on any atom is 0.244 e. The van der Waals surface area contributed by atoms with Gasteiger partial charge in [-0.3, -0.25) is 9.59 Å². The number of hydrogen-bond donors (Lipinski definition) is 2. The molecule has 0 aliphatic carbocycles. The Labute approximate surface area is 201 Å². The summed E-state index contributed by atoms with van der Waals surface area (Å²) in [7, 11) is 0. The van der Waals surface area contributed by atoms with E-state index in [1.807, 2.05) is 41.5 Å². The number of allylic oxidation sites excluding steroid dienone is 1. The lowest BCUT2D eigenvalue weighted by Crippen LogP contribution is -2.31. The summed E-state index contributed by atoms with van der Waals surface area (Å²) < 4.78 is 7.64. The quantitative estimate of drug-likeness (QED) is 0.446. The van der Waals surface area contributed by atoms with E-state index >= 15 is 0 Å². The molecule has 0 unspecified atom stereocenters. The lowest BCUT2D eigenvalue weighted by molar-refractivity contribution is -0.119. The van der Waals surface area contributed by atoms with Gasteiger partial charge in [0, 0.05) is 25.2 Å². The molecule has 192 valence electrons. The number of carbonyl (C=O) groups excluding carboxylic acids is 2. The van der Waals surface area contributed by atoms with Crippen LogP contribution in [-0.4, -0.2) is 50.6 Å². The Morgan fingerprint density at radius 2 is 1.70 bits per heavy atom. The molecule has 0 aromatic carbocycles. The van der Waals surface area contributed by atoms with Crippen LogP contribution in [0.15, 0.2) is 18.3 Å². The third-order valence-corrected chi connectivity index (χ3v) is 4.09. The minimum Gasteiger partial charge on any atom is -0.396 e. The molecule has 0 atom stereocenters. The number of hydrogen-bond acceptors (Lipinski definition) is 6. The first kappa shape index (κ1) is 33.1. The summed E-state index contributed by atoms with van der Waals surface area (Å²) in [5, 5.41) is 19.0. The number of rotatable bonds is 12. The topological polar surface area (TPSA) is 106 Å². The number of carbonyl (C=O) groups is 2. The molecular formula is C25H48N4O4. The molecule has 0 spiro atoms. The molecule has 1 rings (SSSR count). The van der Waals surface area contributed by atoms with Gasteiger partial charge in [-0.1, -0.05) is 60.6 Å². The van der Waals surface area contributed by atoms with Crippen molar-refractivity contribution in [1.82, 2.24) is 20.3 Å². The largest absolute Gasteiger partial charge is 0.396 e. The van der Waals surface area contributed by atoms with Gasteiger partial charge in [-0.2, -0.15) is 0 Å². The number of nitrogens with zero attached hydrogens (tertiary/aromatic N) is 3. The van der Waals surface area contributed by atoms with Gasteiger partial charge in [0.2, 0.25) is 5.91 Å². The fraction of sp³-hybridized carbons (Fsp3) is 0.760. The van der Waals surface area contributed by atoms with Gasteiger partial charge in [-0.15, -0.1) is 5.10 Å². The first-order chi connectivity index (χ1) is 15.4. The summed E-state index contributed by atoms with van der Waals surface area (Å²) in [5.41, 5.74) is 0.309. The molecule has 0 fully saturated rings. The molecule has 8 nitrogen and oxygen atoms in total. The van der Waals surface area contributed by atoms with Crippen LogP contribution >= 0.6 is 0 Å². The van der Waals surface area contributed by atoms with Crippen LogP contribution in [0.1, 0.15) is 81.4 Å². The summed E-state index contributed by atoms with van der Waals surface area (Å²) in [6, 6.07) is 0. The van der Waals surface area contributed by atoms with E-state index in [1.165, 1.54) is 12.2 Å². The van der Waals surface area contributed by atoms with Crippen molar-refractivity contribution >= 4 is 11.7 Å². The molecule has 2 N–H and O–H groups in total. The van der Waals surface area contributed by atoms with Gasteiger partial charge < -0.3 is 15.2 Å². The highest BCUT2D eigenvalue weighted by molar-refractivity contribution is 5.98. The van der Waals surface area contributed by atoms with Crippen molar-refractivity contribution in [1.29, 1.82) is 0 Å². The summed E-state index contributed by atoms with van der Waals surface area (Å²) in [6.45, 7) is 21.8. The van der Waals surface area contributed by atoms with Gasteiger partial charge in [0.05, 0.1) is 24.9 Å². The number of amides is 1. The normalized spacial score (nSPS) is 11.3. The van der Waals surface area contributed by atoms with E-state index in [2.05, 4.69) is 29.5 Å². The Kier molecular flexibility index (Phi) is 18.4. The highest BCUT2D eigenvalue weighted by Crippen LogP contribution is 2.14. The summed E-state index contributed by atoms with van der Waals surface area (Å²) >= 11 is 0. The maximum atomic E-state index is 11.7. The highest BCUT2D eigenvalue weighted by atomic mass is 16.5. The number of ether oxygens (including phenoxy) is 1. The molecule has 0 aliphatic heterocycles. The average Bonchev–Trinajstić information content (AvgIpc) is 3.18. The van der Waals surface area contributed by atoms with E-state index in [4.69, 9.17) is 9.84 Å². The van der Waals surface area contributed by atoms with Gasteiger partial charge in [0.15, 0.2) is 5.78 Å². The van der Waals surface area contributed by atoms with Gasteiger partial charge in [0.25, 0.3) is 0 Å². The minimum absolute atomic E-state index is 0.0780. The van der Waals surface area contributed by atoms with Crippen molar-refractivity contribution in [2.75, 3.05) is 13.2 Å². The van der Waals surface area contributed by atoms with Crippen molar-refractivity contribution in [3.63, 3.8) is 0 Å². The molecule has 1 aromatic heterocycles. The van der Waals surface area contributed by atoms with E-state index in [1.54, 1.807) is 24.7 Å². The first-order valence-electron chi connectivity index (χ1n) is 12.0. The Bertz CT molecular complexity index is 680. The van der Waals surface area contributed by atoms with E-state index < -0.39 is 0 Å². The zero-order valence-corrected chi connectivity index (χ0v) is 22.5. The van der Waals surface area contributed by atoms with Gasteiger partial charge in [-0.25, -0.2) is 4.68 Å². The van der Waals surface area contributed by atoms with E-state index in [0.29, 0.717) is 37.3 Å². The molecule has 1 amide bonds. The molecule has 1 heterocycles. The highest BCUT2D eigenvalue weighted by Gasteiger charge is 2.20. The maximum absolute atomic E-state index is 11.7. The third kappa shape index (κ3) is 19.1. The first-order valence-corrected chi connectivity index (χ1v) is 12.0. The van der Waals surface area contributed by atoms with Crippen molar-refractivity contribution in [2.24, 2.45) is 17.8 Å². The van der Waals surface area contributed by atoms with Gasteiger partial charge >= 0.3 is 0 Å². The molecule has 0 aliphatic rings. The van der Waals surface area contributed by atoms with Crippen molar-refractivity contribution in [3.8, 4) is 0 Å². The third-order valence-electron chi connectivity index (χ3n) is 4.09. The molecule has 0 bridgehead atoms. The minimum atomic E-state index is -0.344. The van der Waals surface area contributed by atoms with E-state index in [0.717, 1.165) is 6.42 Å². The molecular weight excluding hydrogens is 420 g/mol. The fourth-order valence-electron chi connectivity index (χ4n) is 2.09. The smallest absolute Gasteiger partial charge is 0.244 e. The SMILES string of the molecule is CC.CC(C)CCOC(C)(C)Cn1cc(CNC(=O)/C=C/C(=O)C(C)C)nn1.CC(C)CO. The Morgan fingerprint density at radius 1 is 1.12 bits per heavy atom. The summed E-state index contributed by atoms with van der Waals surface area (Å²) in [5.74, 6) is 0.522. The summed E-state index contributed by atoms with van der Waals surface area (Å²) in [6.07, 6.45) is 5.36. The second-order valence-corrected chi connectivity index (χ2v) is 9.38. The zero-order valence-electron chi connectivity index (χ0n) is 22.5. The molecule has 1 aromatic rings. The second-order valence-electron chi connectivity index (χ2n) is 9.38. The van der Waals surface area contributed by atoms with Crippen LogP contribution in [0.2, 0.25) is 0 Å². The molecule has 8 heteroatoms. The van der Waals surface area contributed by atoms with E-state index in [9.17, 15) is 9.59 Å². The van der Waals surface area contributed by atoms with Crippen molar-refractivity contribution < 1.29 is 19.4 Å². The molecule has 0 radical (unpaired) electrons. The lowest BCUT2D eigenvalue weighted by atomic mass is 10.1. The number of aliphatic hydroxyl groups excluding tert-OH is 1. The standard InChI is InChI=1S/C19H32N4O3.C4H10O.C2H6/c1-14(2)9-10-26-19(5,6)13-23-12-16(21-22-23)11-20-18(25)8-7-17(24)15(3)4;1-4(2)3-5;1-2/h7-8,12,14-15H,9-11,13H2,1-6H3,(H,20,25);4-5H,3H2,1-2H3;1-2H3/b8-7+;;. The summed E-state index contributed by atoms with van der Waals surface area (Å²) in [4.78, 5) is 23.2. The monoisotopic (exact) mass is 468 g/mol. The van der Waals surface area contributed by atoms with Crippen LogP contribution in [0.4, 0.5) is 0 Å². The van der Waals surface area contributed by atoms with Gasteiger partial charge in [-0.05, 0) is 38.2 Å². The van der Waals surface area contributed by atoms with Crippen LogP contribution in [0.3, 0.4) is 0 Å². The fourth-order valence-corrected chi connectivity index (χ4v) is 2.09. The van der Waals surface area contributed by atoms with Crippen LogP contribution in [-0.2, 0) is 27.4 Å². The second kappa shape index (κ2) is 18.4. The molecule has 33 heavy (non-hydrogen) atoms. The lowest BCUT2D eigenvalue weighted by Gasteiger charge is -2.25. The average molecular weight is 469 g/mol. The van der Waals surface area contributed by atoms with Crippen LogP contribution in [0, 0.1) is 17.8 Å². The Balaban J connectivity index is 0. The number of ketones is 1. The Morgan fingerprint density at radius 3 is 2.18 bits per heavy atom. The predicted molar refractivity (Wildman–Crippen MR) is 134 cm³/mol. The predicted octanol–water partition coefficient (Wildman–Crippen LogP) is 4.18. The zero-order chi connectivity index (χ0) is 26.0. The van der Waals surface area contributed by atoms with Crippen LogP contribution in [0.25, 0.3) is 0 Å².